The van der Waals surface area contributed by atoms with Crippen molar-refractivity contribution >= 4 is 12.1 Å². The number of hydrogen-bond donors (Lipinski definition) is 2. The van der Waals surface area contributed by atoms with E-state index in [0.717, 1.165) is 16.7 Å². The fourth-order valence-electron chi connectivity index (χ4n) is 3.40. The molecule has 0 bridgehead atoms. The average Bonchev–Trinajstić information content (AvgIpc) is 2.82. The summed E-state index contributed by atoms with van der Waals surface area (Å²) in [5, 5.41) is 12.8. The van der Waals surface area contributed by atoms with Crippen LogP contribution in [-0.4, -0.2) is 22.7 Å². The van der Waals surface area contributed by atoms with Crippen LogP contribution in [0.4, 0.5) is 4.79 Å². The van der Waals surface area contributed by atoms with Gasteiger partial charge in [-0.25, -0.2) is 9.59 Å². The van der Waals surface area contributed by atoms with Crippen LogP contribution < -0.4 is 5.32 Å². The van der Waals surface area contributed by atoms with Crippen molar-refractivity contribution in [2.45, 2.75) is 31.4 Å². The molecular formula is C27H27NO4. The zero-order valence-corrected chi connectivity index (χ0v) is 17.8. The van der Waals surface area contributed by atoms with Gasteiger partial charge in [-0.15, -0.1) is 0 Å². The van der Waals surface area contributed by atoms with Crippen LogP contribution in [0.1, 0.15) is 23.1 Å². The first kappa shape index (κ1) is 22.8. The van der Waals surface area contributed by atoms with E-state index in [0.29, 0.717) is 6.42 Å². The number of carbonyl (C=O) groups excluding carboxylic acids is 1. The molecule has 0 unspecified atom stereocenters. The SMILES string of the molecule is O=C(N[C@@](CC=CCc1ccccc1)(Cc1ccccc1)C(=O)O)OCc1ccccc1. The van der Waals surface area contributed by atoms with Crippen LogP contribution in [0.25, 0.3) is 0 Å². The molecule has 0 aliphatic heterocycles. The number of hydrogen-bond acceptors (Lipinski definition) is 3. The number of carbonyl (C=O) groups is 2. The van der Waals surface area contributed by atoms with Crippen LogP contribution in [0.15, 0.2) is 103 Å². The van der Waals surface area contributed by atoms with E-state index >= 15 is 0 Å². The summed E-state index contributed by atoms with van der Waals surface area (Å²) in [5.74, 6) is -1.11. The topological polar surface area (TPSA) is 75.6 Å². The first-order valence-corrected chi connectivity index (χ1v) is 10.5. The summed E-state index contributed by atoms with van der Waals surface area (Å²) in [6, 6.07) is 28.4. The standard InChI is InChI=1S/C27H27NO4/c29-25(30)27(20-23-15-6-2-7-16-23,19-11-10-14-22-12-4-1-5-13-22)28-26(31)32-21-24-17-8-3-9-18-24/h1-13,15-18H,14,19-21H2,(H,28,31)(H,29,30)/t27-/m0/s1. The molecule has 5 nitrogen and oxygen atoms in total. The lowest BCUT2D eigenvalue weighted by molar-refractivity contribution is -0.144. The van der Waals surface area contributed by atoms with Crippen molar-refractivity contribution in [3.8, 4) is 0 Å². The van der Waals surface area contributed by atoms with Gasteiger partial charge < -0.3 is 15.2 Å². The molecule has 1 amide bonds. The predicted octanol–water partition coefficient (Wildman–Crippen LogP) is 5.17. The van der Waals surface area contributed by atoms with E-state index < -0.39 is 17.6 Å². The van der Waals surface area contributed by atoms with Crippen LogP contribution in [0, 0.1) is 0 Å². The molecule has 2 N–H and O–H groups in total. The van der Waals surface area contributed by atoms with Gasteiger partial charge in [0.2, 0.25) is 0 Å². The molecule has 0 heterocycles. The molecule has 0 fully saturated rings. The fraction of sp³-hybridized carbons (Fsp3) is 0.185. The number of carboxylic acid groups (broad SMARTS) is 1. The number of amides is 1. The van der Waals surface area contributed by atoms with E-state index in [1.165, 1.54) is 0 Å². The average molecular weight is 430 g/mol. The van der Waals surface area contributed by atoms with Crippen molar-refractivity contribution < 1.29 is 19.4 Å². The first-order chi connectivity index (χ1) is 15.6. The van der Waals surface area contributed by atoms with Gasteiger partial charge in [-0.1, -0.05) is 103 Å². The summed E-state index contributed by atoms with van der Waals surface area (Å²) in [6.45, 7) is 0.0670. The van der Waals surface area contributed by atoms with Gasteiger partial charge in [-0.2, -0.15) is 0 Å². The van der Waals surface area contributed by atoms with Crippen LogP contribution in [0.5, 0.6) is 0 Å². The Morgan fingerprint density at radius 3 is 1.88 bits per heavy atom. The number of carboxylic acids is 1. The maximum absolute atomic E-state index is 12.6. The number of ether oxygens (including phenoxy) is 1. The third-order valence-corrected chi connectivity index (χ3v) is 5.14. The second kappa shape index (κ2) is 11.5. The van der Waals surface area contributed by atoms with E-state index in [2.05, 4.69) is 5.32 Å². The summed E-state index contributed by atoms with van der Waals surface area (Å²) in [6.07, 6.45) is 3.92. The summed E-state index contributed by atoms with van der Waals surface area (Å²) >= 11 is 0. The van der Waals surface area contributed by atoms with Crippen molar-refractivity contribution in [1.29, 1.82) is 0 Å². The van der Waals surface area contributed by atoms with E-state index in [1.54, 1.807) is 0 Å². The molecule has 0 aromatic heterocycles. The van der Waals surface area contributed by atoms with Gasteiger partial charge in [0, 0.05) is 6.42 Å². The third kappa shape index (κ3) is 6.84. The molecule has 0 saturated heterocycles. The molecule has 164 valence electrons. The molecule has 0 radical (unpaired) electrons. The van der Waals surface area contributed by atoms with Crippen molar-refractivity contribution in [2.24, 2.45) is 0 Å². The Morgan fingerprint density at radius 2 is 1.31 bits per heavy atom. The molecule has 3 rings (SSSR count). The zero-order chi connectivity index (χ0) is 22.7. The molecule has 3 aromatic carbocycles. The van der Waals surface area contributed by atoms with E-state index in [1.807, 2.05) is 103 Å². The molecule has 0 aliphatic rings. The smallest absolute Gasteiger partial charge is 0.408 e. The molecule has 0 spiro atoms. The first-order valence-electron chi connectivity index (χ1n) is 10.5. The van der Waals surface area contributed by atoms with Gasteiger partial charge in [0.25, 0.3) is 0 Å². The second-order valence-electron chi connectivity index (χ2n) is 7.60. The van der Waals surface area contributed by atoms with E-state index in [-0.39, 0.29) is 19.4 Å². The summed E-state index contributed by atoms with van der Waals surface area (Å²) in [7, 11) is 0. The van der Waals surface area contributed by atoms with Gasteiger partial charge in [-0.05, 0) is 29.5 Å². The normalized spacial score (nSPS) is 12.8. The lowest BCUT2D eigenvalue weighted by Crippen LogP contribution is -2.56. The van der Waals surface area contributed by atoms with Crippen LogP contribution in [0.3, 0.4) is 0 Å². The third-order valence-electron chi connectivity index (χ3n) is 5.14. The lowest BCUT2D eigenvalue weighted by Gasteiger charge is -2.29. The Morgan fingerprint density at radius 1 is 0.781 bits per heavy atom. The highest BCUT2D eigenvalue weighted by Crippen LogP contribution is 2.20. The van der Waals surface area contributed by atoms with Crippen molar-refractivity contribution in [3.05, 3.63) is 120 Å². The Labute approximate surface area is 188 Å². The van der Waals surface area contributed by atoms with Crippen LogP contribution in [-0.2, 0) is 29.0 Å². The van der Waals surface area contributed by atoms with Gasteiger partial charge >= 0.3 is 12.1 Å². The highest BCUT2D eigenvalue weighted by molar-refractivity contribution is 5.85. The number of allylic oxidation sites excluding steroid dienone is 1. The maximum Gasteiger partial charge on any atom is 0.408 e. The lowest BCUT2D eigenvalue weighted by atomic mass is 9.87. The monoisotopic (exact) mass is 429 g/mol. The zero-order valence-electron chi connectivity index (χ0n) is 17.8. The predicted molar refractivity (Wildman–Crippen MR) is 124 cm³/mol. The summed E-state index contributed by atoms with van der Waals surface area (Å²) in [5.41, 5.74) is 1.24. The molecular weight excluding hydrogens is 402 g/mol. The highest BCUT2D eigenvalue weighted by atomic mass is 16.5. The van der Waals surface area contributed by atoms with E-state index in [4.69, 9.17) is 4.74 Å². The maximum atomic E-state index is 12.6. The minimum absolute atomic E-state index is 0.0670. The second-order valence-corrected chi connectivity index (χ2v) is 7.60. The largest absolute Gasteiger partial charge is 0.479 e. The van der Waals surface area contributed by atoms with Crippen LogP contribution in [0.2, 0.25) is 0 Å². The Hall–Kier alpha value is -3.86. The van der Waals surface area contributed by atoms with Crippen molar-refractivity contribution in [2.75, 3.05) is 0 Å². The molecule has 0 saturated carbocycles. The molecule has 3 aromatic rings. The molecule has 1 atom stereocenters. The number of alkyl carbamates (subject to hydrolysis) is 1. The Bertz CT molecular complexity index is 1020. The van der Waals surface area contributed by atoms with Gasteiger partial charge in [-0.3, -0.25) is 0 Å². The molecule has 0 aliphatic carbocycles. The fourth-order valence-corrected chi connectivity index (χ4v) is 3.40. The highest BCUT2D eigenvalue weighted by Gasteiger charge is 2.39. The van der Waals surface area contributed by atoms with Gasteiger partial charge in [0.15, 0.2) is 0 Å². The number of benzene rings is 3. The minimum Gasteiger partial charge on any atom is -0.479 e. The number of aliphatic carboxylic acids is 1. The minimum atomic E-state index is -1.53. The van der Waals surface area contributed by atoms with Crippen molar-refractivity contribution in [3.63, 3.8) is 0 Å². The molecule has 5 heteroatoms. The summed E-state index contributed by atoms with van der Waals surface area (Å²) < 4.78 is 5.31. The van der Waals surface area contributed by atoms with E-state index in [9.17, 15) is 14.7 Å². The van der Waals surface area contributed by atoms with Gasteiger partial charge in [0.05, 0.1) is 0 Å². The quantitative estimate of drug-likeness (QED) is 0.436. The van der Waals surface area contributed by atoms with Crippen molar-refractivity contribution in [1.82, 2.24) is 5.32 Å². The van der Waals surface area contributed by atoms with Gasteiger partial charge in [0.1, 0.15) is 12.1 Å². The van der Waals surface area contributed by atoms with Crippen LogP contribution >= 0.6 is 0 Å². The Kier molecular flexibility index (Phi) is 8.21. The number of nitrogens with one attached hydrogen (secondary N) is 1. The summed E-state index contributed by atoms with van der Waals surface area (Å²) in [4.78, 5) is 25.0. The number of rotatable bonds is 10. The molecule has 32 heavy (non-hydrogen) atoms. The Balaban J connectivity index is 1.73.